The first kappa shape index (κ1) is 16.5. The minimum absolute atomic E-state index is 0.199. The lowest BCUT2D eigenvalue weighted by Gasteiger charge is -2.03. The van der Waals surface area contributed by atoms with E-state index in [1.165, 1.54) is 0 Å². The molecule has 0 unspecified atom stereocenters. The maximum absolute atomic E-state index is 12.0. The van der Waals surface area contributed by atoms with E-state index in [1.807, 2.05) is 12.1 Å². The molecule has 3 rings (SSSR count). The topological polar surface area (TPSA) is 68.0 Å². The van der Waals surface area contributed by atoms with Gasteiger partial charge in [-0.05, 0) is 42.5 Å². The van der Waals surface area contributed by atoms with Crippen LogP contribution < -0.4 is 5.32 Å². The van der Waals surface area contributed by atoms with Gasteiger partial charge < -0.3 is 9.84 Å². The van der Waals surface area contributed by atoms with Crippen LogP contribution in [0.2, 0.25) is 10.0 Å². The fraction of sp³-hybridized carbons (Fsp3) is 0.118. The maximum atomic E-state index is 12.0. The predicted molar refractivity (Wildman–Crippen MR) is 92.2 cm³/mol. The van der Waals surface area contributed by atoms with Crippen molar-refractivity contribution in [3.05, 3.63) is 70.0 Å². The second-order valence-corrected chi connectivity index (χ2v) is 5.91. The van der Waals surface area contributed by atoms with Crippen molar-refractivity contribution in [1.82, 2.24) is 15.5 Å². The highest BCUT2D eigenvalue weighted by Crippen LogP contribution is 2.18. The van der Waals surface area contributed by atoms with Crippen LogP contribution in [0.4, 0.5) is 0 Å². The first-order chi connectivity index (χ1) is 11.6. The highest BCUT2D eigenvalue weighted by atomic mass is 35.5. The fourth-order valence-electron chi connectivity index (χ4n) is 2.09. The van der Waals surface area contributed by atoms with Crippen LogP contribution in [0.1, 0.15) is 16.2 Å². The number of benzene rings is 2. The molecule has 1 aromatic heterocycles. The Kier molecular flexibility index (Phi) is 5.13. The molecule has 122 valence electrons. The Bertz CT molecular complexity index is 847. The summed E-state index contributed by atoms with van der Waals surface area (Å²) in [4.78, 5) is 16.3. The Balaban J connectivity index is 1.56. The SMILES string of the molecule is O=C(NCCc1nc(-c2ccc(Cl)cc2)no1)c1cccc(Cl)c1. The van der Waals surface area contributed by atoms with Crippen LogP contribution >= 0.6 is 23.2 Å². The van der Waals surface area contributed by atoms with Gasteiger partial charge in [-0.25, -0.2) is 0 Å². The lowest BCUT2D eigenvalue weighted by molar-refractivity contribution is 0.0953. The van der Waals surface area contributed by atoms with Gasteiger partial charge in [0.2, 0.25) is 11.7 Å². The van der Waals surface area contributed by atoms with Gasteiger partial charge in [0.05, 0.1) is 0 Å². The van der Waals surface area contributed by atoms with Crippen LogP contribution in [0.3, 0.4) is 0 Å². The van der Waals surface area contributed by atoms with E-state index in [0.717, 1.165) is 5.56 Å². The lowest BCUT2D eigenvalue weighted by Crippen LogP contribution is -2.25. The molecule has 5 nitrogen and oxygen atoms in total. The van der Waals surface area contributed by atoms with Crippen LogP contribution in [0.15, 0.2) is 53.1 Å². The number of nitrogens with zero attached hydrogens (tertiary/aromatic N) is 2. The number of carbonyl (C=O) groups excluding carboxylic acids is 1. The molecule has 3 aromatic rings. The van der Waals surface area contributed by atoms with Crippen molar-refractivity contribution in [2.75, 3.05) is 6.54 Å². The van der Waals surface area contributed by atoms with Crippen LogP contribution in [0.5, 0.6) is 0 Å². The van der Waals surface area contributed by atoms with E-state index in [4.69, 9.17) is 27.7 Å². The third-order valence-electron chi connectivity index (χ3n) is 3.28. The Hall–Kier alpha value is -2.37. The number of nitrogens with one attached hydrogen (secondary N) is 1. The number of rotatable bonds is 5. The van der Waals surface area contributed by atoms with Crippen LogP contribution in [-0.2, 0) is 6.42 Å². The summed E-state index contributed by atoms with van der Waals surface area (Å²) >= 11 is 11.7. The Morgan fingerprint density at radius 1 is 1.08 bits per heavy atom. The third-order valence-corrected chi connectivity index (χ3v) is 3.77. The Morgan fingerprint density at radius 2 is 1.88 bits per heavy atom. The van der Waals surface area contributed by atoms with E-state index >= 15 is 0 Å². The standard InChI is InChI=1S/C17H13Cl2N3O2/c18-13-6-4-11(5-7-13)16-21-15(24-22-16)8-9-20-17(23)12-2-1-3-14(19)10-12/h1-7,10H,8-9H2,(H,20,23). The van der Waals surface area contributed by atoms with Crippen molar-refractivity contribution in [1.29, 1.82) is 0 Å². The average Bonchev–Trinajstić information content (AvgIpc) is 3.04. The molecule has 0 spiro atoms. The fourth-order valence-corrected chi connectivity index (χ4v) is 2.40. The molecule has 7 heteroatoms. The van der Waals surface area contributed by atoms with Gasteiger partial charge in [0.25, 0.3) is 5.91 Å². The molecular formula is C17H13Cl2N3O2. The Labute approximate surface area is 148 Å². The zero-order valence-electron chi connectivity index (χ0n) is 12.5. The van der Waals surface area contributed by atoms with Crippen molar-refractivity contribution in [2.24, 2.45) is 0 Å². The molecule has 0 fully saturated rings. The highest BCUT2D eigenvalue weighted by Gasteiger charge is 2.10. The summed E-state index contributed by atoms with van der Waals surface area (Å²) in [5, 5.41) is 7.88. The number of hydrogen-bond donors (Lipinski definition) is 1. The van der Waals surface area contributed by atoms with E-state index < -0.39 is 0 Å². The molecule has 0 saturated carbocycles. The van der Waals surface area contributed by atoms with Gasteiger partial charge in [-0.1, -0.05) is 34.4 Å². The van der Waals surface area contributed by atoms with Gasteiger partial charge in [-0.15, -0.1) is 0 Å². The molecule has 0 aliphatic heterocycles. The summed E-state index contributed by atoms with van der Waals surface area (Å²) in [6.45, 7) is 0.383. The normalized spacial score (nSPS) is 10.6. The lowest BCUT2D eigenvalue weighted by atomic mass is 10.2. The number of carbonyl (C=O) groups is 1. The van der Waals surface area contributed by atoms with Gasteiger partial charge in [-0.3, -0.25) is 4.79 Å². The summed E-state index contributed by atoms with van der Waals surface area (Å²) in [6.07, 6.45) is 0.437. The largest absolute Gasteiger partial charge is 0.352 e. The van der Waals surface area contributed by atoms with E-state index in [1.54, 1.807) is 36.4 Å². The molecular weight excluding hydrogens is 349 g/mol. The van der Waals surface area contributed by atoms with Crippen LogP contribution in [0, 0.1) is 0 Å². The molecule has 1 N–H and O–H groups in total. The van der Waals surface area contributed by atoms with Crippen LogP contribution in [-0.4, -0.2) is 22.6 Å². The summed E-state index contributed by atoms with van der Waals surface area (Å²) < 4.78 is 5.19. The number of halogens is 2. The summed E-state index contributed by atoms with van der Waals surface area (Å²) in [6, 6.07) is 13.9. The van der Waals surface area contributed by atoms with Gasteiger partial charge in [0.1, 0.15) is 0 Å². The highest BCUT2D eigenvalue weighted by molar-refractivity contribution is 6.31. The molecule has 0 aliphatic rings. The number of hydrogen-bond acceptors (Lipinski definition) is 4. The van der Waals surface area contributed by atoms with Crippen molar-refractivity contribution in [2.45, 2.75) is 6.42 Å². The summed E-state index contributed by atoms with van der Waals surface area (Å²) in [5.41, 5.74) is 1.33. The molecule has 0 saturated heterocycles. The maximum Gasteiger partial charge on any atom is 0.251 e. The van der Waals surface area contributed by atoms with Gasteiger partial charge in [0.15, 0.2) is 0 Å². The van der Waals surface area contributed by atoms with Crippen molar-refractivity contribution in [3.63, 3.8) is 0 Å². The van der Waals surface area contributed by atoms with Gasteiger partial charge in [-0.2, -0.15) is 4.98 Å². The second kappa shape index (κ2) is 7.47. The average molecular weight is 362 g/mol. The predicted octanol–water partition coefficient (Wildman–Crippen LogP) is 4.02. The molecule has 1 amide bonds. The summed E-state index contributed by atoms with van der Waals surface area (Å²) in [5.74, 6) is 0.740. The van der Waals surface area contributed by atoms with E-state index in [-0.39, 0.29) is 5.91 Å². The van der Waals surface area contributed by atoms with E-state index in [0.29, 0.717) is 40.3 Å². The minimum Gasteiger partial charge on any atom is -0.352 e. The zero-order chi connectivity index (χ0) is 16.9. The monoisotopic (exact) mass is 361 g/mol. The van der Waals surface area contributed by atoms with Crippen molar-refractivity contribution < 1.29 is 9.32 Å². The third kappa shape index (κ3) is 4.13. The molecule has 1 heterocycles. The number of aromatic nitrogens is 2. The molecule has 24 heavy (non-hydrogen) atoms. The first-order valence-corrected chi connectivity index (χ1v) is 8.00. The minimum atomic E-state index is -0.199. The van der Waals surface area contributed by atoms with Crippen molar-refractivity contribution >= 4 is 29.1 Å². The number of amides is 1. The summed E-state index contributed by atoms with van der Waals surface area (Å²) in [7, 11) is 0. The van der Waals surface area contributed by atoms with E-state index in [2.05, 4.69) is 15.5 Å². The molecule has 0 atom stereocenters. The quantitative estimate of drug-likeness (QED) is 0.745. The zero-order valence-corrected chi connectivity index (χ0v) is 14.0. The van der Waals surface area contributed by atoms with E-state index in [9.17, 15) is 4.79 Å². The first-order valence-electron chi connectivity index (χ1n) is 7.24. The van der Waals surface area contributed by atoms with Crippen molar-refractivity contribution in [3.8, 4) is 11.4 Å². The molecule has 0 bridgehead atoms. The van der Waals surface area contributed by atoms with Gasteiger partial charge in [0, 0.05) is 34.1 Å². The molecule has 0 radical (unpaired) electrons. The smallest absolute Gasteiger partial charge is 0.251 e. The second-order valence-electron chi connectivity index (χ2n) is 5.03. The van der Waals surface area contributed by atoms with Crippen LogP contribution in [0.25, 0.3) is 11.4 Å². The molecule has 2 aromatic carbocycles. The van der Waals surface area contributed by atoms with Gasteiger partial charge >= 0.3 is 0 Å². The Morgan fingerprint density at radius 3 is 2.62 bits per heavy atom. The molecule has 0 aliphatic carbocycles.